The number of hydrogen-bond donors (Lipinski definition) is 3. The highest BCUT2D eigenvalue weighted by Gasteiger charge is 2.28. The molecule has 362 valence electrons. The lowest BCUT2D eigenvalue weighted by atomic mass is 10.1. The zero-order valence-electron chi connectivity index (χ0n) is 39.5. The molecule has 0 amide bonds. The van der Waals surface area contributed by atoms with Crippen LogP contribution in [0.5, 0.6) is 0 Å². The van der Waals surface area contributed by atoms with Gasteiger partial charge in [-0.2, -0.15) is 0 Å². The third-order valence-electron chi connectivity index (χ3n) is 10.9. The summed E-state index contributed by atoms with van der Waals surface area (Å²) in [7, 11) is -4.72. The van der Waals surface area contributed by atoms with Gasteiger partial charge >= 0.3 is 25.7 Å². The molecule has 0 spiro atoms. The molecule has 0 aliphatic rings. The third kappa shape index (κ3) is 44.3. The summed E-state index contributed by atoms with van der Waals surface area (Å²) in [5.74, 6) is -2.38. The second-order valence-corrected chi connectivity index (χ2v) is 18.4. The van der Waals surface area contributed by atoms with Crippen molar-refractivity contribution >= 4 is 25.7 Å². The number of aliphatic carboxylic acids is 1. The van der Waals surface area contributed by atoms with Gasteiger partial charge in [-0.25, -0.2) is 4.57 Å². The van der Waals surface area contributed by atoms with E-state index in [1.54, 1.807) is 0 Å². The maximum absolute atomic E-state index is 12.7. The molecular formula is C50H92NO10P. The van der Waals surface area contributed by atoms with Gasteiger partial charge in [-0.15, -0.1) is 0 Å². The molecule has 0 aliphatic carbocycles. The average molecular weight is 898 g/mol. The summed E-state index contributed by atoms with van der Waals surface area (Å²) < 4.78 is 32.8. The maximum atomic E-state index is 12.7. The predicted octanol–water partition coefficient (Wildman–Crippen LogP) is 14.0. The van der Waals surface area contributed by atoms with Crippen LogP contribution in [-0.4, -0.2) is 59.9 Å². The van der Waals surface area contributed by atoms with Gasteiger partial charge < -0.3 is 25.2 Å². The smallest absolute Gasteiger partial charge is 0.472 e. The molecule has 0 aromatic rings. The quantitative estimate of drug-likeness (QED) is 0.0230. The highest BCUT2D eigenvalue weighted by atomic mass is 31.2. The number of unbranched alkanes of at least 4 members (excludes halogenated alkanes) is 27. The molecule has 0 saturated heterocycles. The summed E-state index contributed by atoms with van der Waals surface area (Å²) in [6.45, 7) is 2.80. The first-order valence-electron chi connectivity index (χ1n) is 25.0. The Hall–Kier alpha value is -2.30. The van der Waals surface area contributed by atoms with Crippen molar-refractivity contribution in [3.05, 3.63) is 36.5 Å². The normalized spacial score (nSPS) is 13.9. The molecule has 0 saturated carbocycles. The molecule has 0 radical (unpaired) electrons. The summed E-state index contributed by atoms with van der Waals surface area (Å²) >= 11 is 0. The fourth-order valence-electron chi connectivity index (χ4n) is 6.91. The van der Waals surface area contributed by atoms with Crippen LogP contribution in [0, 0.1) is 0 Å². The van der Waals surface area contributed by atoms with Crippen LogP contribution in [0.1, 0.15) is 232 Å². The molecule has 0 bridgehead atoms. The van der Waals surface area contributed by atoms with Crippen LogP contribution in [-0.2, 0) is 37.5 Å². The molecule has 62 heavy (non-hydrogen) atoms. The van der Waals surface area contributed by atoms with E-state index in [0.29, 0.717) is 12.8 Å². The number of hydrogen-bond acceptors (Lipinski definition) is 9. The number of allylic oxidation sites excluding steroid dienone is 6. The first kappa shape index (κ1) is 59.7. The summed E-state index contributed by atoms with van der Waals surface area (Å²) in [5, 5.41) is 8.92. The Bertz CT molecular complexity index is 1190. The lowest BCUT2D eigenvalue weighted by Gasteiger charge is -2.20. The van der Waals surface area contributed by atoms with Crippen LogP contribution in [0.15, 0.2) is 36.5 Å². The van der Waals surface area contributed by atoms with E-state index in [0.717, 1.165) is 51.4 Å². The molecule has 0 fully saturated rings. The number of ether oxygens (including phenoxy) is 2. The van der Waals surface area contributed by atoms with Gasteiger partial charge in [0, 0.05) is 12.8 Å². The number of rotatable bonds is 47. The Labute approximate surface area is 378 Å². The highest BCUT2D eigenvalue weighted by Crippen LogP contribution is 2.43. The molecule has 3 atom stereocenters. The first-order chi connectivity index (χ1) is 30.1. The molecule has 0 heterocycles. The predicted molar refractivity (Wildman–Crippen MR) is 254 cm³/mol. The molecular weight excluding hydrogens is 806 g/mol. The van der Waals surface area contributed by atoms with Crippen LogP contribution in [0.25, 0.3) is 0 Å². The number of esters is 2. The number of phosphoric acid groups is 1. The van der Waals surface area contributed by atoms with Crippen LogP contribution < -0.4 is 5.73 Å². The van der Waals surface area contributed by atoms with Crippen molar-refractivity contribution in [1.82, 2.24) is 0 Å². The van der Waals surface area contributed by atoms with Crippen LogP contribution in [0.3, 0.4) is 0 Å². The zero-order chi connectivity index (χ0) is 45.6. The molecule has 4 N–H and O–H groups in total. The monoisotopic (exact) mass is 898 g/mol. The fourth-order valence-corrected chi connectivity index (χ4v) is 7.69. The van der Waals surface area contributed by atoms with E-state index >= 15 is 0 Å². The van der Waals surface area contributed by atoms with E-state index < -0.39 is 51.1 Å². The molecule has 1 unspecified atom stereocenters. The summed E-state index contributed by atoms with van der Waals surface area (Å²) in [5.41, 5.74) is 5.35. The standard InChI is InChI=1S/C50H92NO10P/c1-3-5-7-9-11-13-15-17-19-21-23-25-27-29-31-33-35-37-39-41-48(52)58-43-46(44-59-62(56,57)60-45-47(51)50(54)55)61-49(53)42-40-38-36-34-32-30-28-26-24-22-20-18-16-14-12-10-8-6-4-2/h12,14,17-20,46-47H,3-11,13,15-16,21-45,51H2,1-2H3,(H,54,55)(H,56,57)/b14-12-,19-17-,20-18-/t46-,47+/m1/s1. The average Bonchev–Trinajstić information content (AvgIpc) is 3.25. The SMILES string of the molecule is CCCCC/C=C\C/C=C\CCCCCCCCCCCC(=O)O[C@H](COC(=O)CCCCCCCCCCC/C=C\CCCCCCCC)COP(=O)(O)OC[C@H](N)C(=O)O. The van der Waals surface area contributed by atoms with Crippen molar-refractivity contribution in [3.8, 4) is 0 Å². The van der Waals surface area contributed by atoms with Gasteiger partial charge in [0.05, 0.1) is 13.2 Å². The fraction of sp³-hybridized carbons (Fsp3) is 0.820. The number of carbonyl (C=O) groups excluding carboxylic acids is 2. The Morgan fingerprint density at radius 3 is 1.31 bits per heavy atom. The molecule has 11 nitrogen and oxygen atoms in total. The lowest BCUT2D eigenvalue weighted by molar-refractivity contribution is -0.161. The number of carbonyl (C=O) groups is 3. The van der Waals surface area contributed by atoms with Gasteiger partial charge in [0.25, 0.3) is 0 Å². The van der Waals surface area contributed by atoms with Crippen molar-refractivity contribution < 1.29 is 47.5 Å². The molecule has 0 aromatic heterocycles. The minimum atomic E-state index is -4.72. The van der Waals surface area contributed by atoms with Crippen LogP contribution >= 0.6 is 7.82 Å². The molecule has 0 aliphatic heterocycles. The minimum Gasteiger partial charge on any atom is -0.480 e. The van der Waals surface area contributed by atoms with E-state index in [1.807, 2.05) is 0 Å². The van der Waals surface area contributed by atoms with E-state index in [-0.39, 0.29) is 19.4 Å². The summed E-state index contributed by atoms with van der Waals surface area (Å²) in [6.07, 6.45) is 50.5. The summed E-state index contributed by atoms with van der Waals surface area (Å²) in [4.78, 5) is 46.2. The van der Waals surface area contributed by atoms with E-state index in [2.05, 4.69) is 54.8 Å². The topological polar surface area (TPSA) is 172 Å². The van der Waals surface area contributed by atoms with Gasteiger partial charge in [0.15, 0.2) is 6.10 Å². The second kappa shape index (κ2) is 45.3. The minimum absolute atomic E-state index is 0.157. The number of carboxylic acids is 1. The van der Waals surface area contributed by atoms with Crippen molar-refractivity contribution in [2.45, 2.75) is 244 Å². The Kier molecular flexibility index (Phi) is 43.6. The highest BCUT2D eigenvalue weighted by molar-refractivity contribution is 7.47. The van der Waals surface area contributed by atoms with Gasteiger partial charge in [0.1, 0.15) is 12.6 Å². The Morgan fingerprint density at radius 2 is 0.855 bits per heavy atom. The van der Waals surface area contributed by atoms with E-state index in [9.17, 15) is 23.8 Å². The van der Waals surface area contributed by atoms with Gasteiger partial charge in [0.2, 0.25) is 0 Å². The Morgan fingerprint density at radius 1 is 0.500 bits per heavy atom. The first-order valence-corrected chi connectivity index (χ1v) is 26.5. The van der Waals surface area contributed by atoms with Crippen molar-refractivity contribution in [2.75, 3.05) is 19.8 Å². The Balaban J connectivity index is 4.26. The van der Waals surface area contributed by atoms with E-state index in [1.165, 1.54) is 141 Å². The zero-order valence-corrected chi connectivity index (χ0v) is 40.4. The van der Waals surface area contributed by atoms with Gasteiger partial charge in [-0.05, 0) is 70.6 Å². The molecule has 12 heteroatoms. The lowest BCUT2D eigenvalue weighted by Crippen LogP contribution is -2.34. The second-order valence-electron chi connectivity index (χ2n) is 16.9. The van der Waals surface area contributed by atoms with Crippen molar-refractivity contribution in [1.29, 1.82) is 0 Å². The van der Waals surface area contributed by atoms with Crippen LogP contribution in [0.4, 0.5) is 0 Å². The number of nitrogens with two attached hydrogens (primary N) is 1. The van der Waals surface area contributed by atoms with Gasteiger partial charge in [-0.1, -0.05) is 185 Å². The van der Waals surface area contributed by atoms with E-state index in [4.69, 9.17) is 24.8 Å². The largest absolute Gasteiger partial charge is 0.480 e. The maximum Gasteiger partial charge on any atom is 0.472 e. The van der Waals surface area contributed by atoms with Crippen molar-refractivity contribution in [3.63, 3.8) is 0 Å². The third-order valence-corrected chi connectivity index (χ3v) is 11.8. The van der Waals surface area contributed by atoms with Crippen LogP contribution in [0.2, 0.25) is 0 Å². The number of carboxylic acid groups (broad SMARTS) is 1. The van der Waals surface area contributed by atoms with Gasteiger partial charge in [-0.3, -0.25) is 23.4 Å². The number of phosphoric ester groups is 1. The summed E-state index contributed by atoms with van der Waals surface area (Å²) in [6, 6.07) is -1.52. The van der Waals surface area contributed by atoms with Crippen molar-refractivity contribution in [2.24, 2.45) is 5.73 Å². The molecule has 0 rings (SSSR count). The molecule has 0 aromatic carbocycles.